The lowest BCUT2D eigenvalue weighted by molar-refractivity contribution is -0.128. The number of esters is 1. The van der Waals surface area contributed by atoms with Gasteiger partial charge in [-0.15, -0.1) is 0 Å². The molecule has 3 nitrogen and oxygen atoms in total. The Morgan fingerprint density at radius 3 is 2.40 bits per heavy atom. The predicted molar refractivity (Wildman–Crippen MR) is 79.0 cm³/mol. The number of aryl methyl sites for hydroxylation is 3. The van der Waals surface area contributed by atoms with Crippen molar-refractivity contribution in [3.63, 3.8) is 0 Å². The van der Waals surface area contributed by atoms with Crippen LogP contribution in [0.3, 0.4) is 0 Å². The van der Waals surface area contributed by atoms with Gasteiger partial charge in [0.2, 0.25) is 0 Å². The summed E-state index contributed by atoms with van der Waals surface area (Å²) in [6, 6.07) is 7.09. The van der Waals surface area contributed by atoms with Gasteiger partial charge in [0.25, 0.3) is 0 Å². The van der Waals surface area contributed by atoms with Gasteiger partial charge in [0.05, 0.1) is 0 Å². The molecule has 1 aromatic carbocycles. The molecule has 1 aromatic heterocycles. The van der Waals surface area contributed by atoms with Crippen LogP contribution in [-0.4, -0.2) is 5.97 Å². The van der Waals surface area contributed by atoms with Crippen molar-refractivity contribution < 1.29 is 13.9 Å². The molecule has 0 amide bonds. The highest BCUT2D eigenvalue weighted by Crippen LogP contribution is 2.26. The maximum atomic E-state index is 11.7. The summed E-state index contributed by atoms with van der Waals surface area (Å²) >= 11 is 6.06. The molecule has 0 aliphatic heterocycles. The van der Waals surface area contributed by atoms with Gasteiger partial charge in [-0.1, -0.05) is 11.6 Å². The third-order valence-electron chi connectivity index (χ3n) is 2.77. The Morgan fingerprint density at radius 2 is 1.85 bits per heavy atom. The Morgan fingerprint density at radius 1 is 1.20 bits per heavy atom. The Kier molecular flexibility index (Phi) is 4.30. The minimum atomic E-state index is -0.458. The van der Waals surface area contributed by atoms with Gasteiger partial charge in [-0.3, -0.25) is 0 Å². The zero-order chi connectivity index (χ0) is 14.7. The number of halogens is 1. The zero-order valence-electron chi connectivity index (χ0n) is 11.6. The molecule has 20 heavy (non-hydrogen) atoms. The lowest BCUT2D eigenvalue weighted by Crippen LogP contribution is -2.04. The molecule has 2 aromatic rings. The van der Waals surface area contributed by atoms with Gasteiger partial charge >= 0.3 is 5.97 Å². The van der Waals surface area contributed by atoms with Crippen molar-refractivity contribution in [3.8, 4) is 5.75 Å². The van der Waals surface area contributed by atoms with Crippen LogP contribution in [0.4, 0.5) is 0 Å². The largest absolute Gasteiger partial charge is 0.462 e. The molecule has 0 atom stereocenters. The van der Waals surface area contributed by atoms with Crippen LogP contribution in [0.25, 0.3) is 6.08 Å². The van der Waals surface area contributed by atoms with Gasteiger partial charge in [-0.2, -0.15) is 0 Å². The van der Waals surface area contributed by atoms with Gasteiger partial charge in [-0.05, 0) is 62.2 Å². The maximum Gasteiger partial charge on any atom is 0.336 e. The summed E-state index contributed by atoms with van der Waals surface area (Å²) < 4.78 is 10.6. The minimum Gasteiger partial charge on any atom is -0.462 e. The fourth-order valence-electron chi connectivity index (χ4n) is 1.81. The summed E-state index contributed by atoms with van der Waals surface area (Å²) in [5, 5.41) is 0.686. The first-order valence-electron chi connectivity index (χ1n) is 6.19. The first-order valence-corrected chi connectivity index (χ1v) is 6.56. The van der Waals surface area contributed by atoms with Crippen LogP contribution in [0.1, 0.15) is 22.6 Å². The van der Waals surface area contributed by atoms with E-state index in [0.29, 0.717) is 16.5 Å². The van der Waals surface area contributed by atoms with Crippen molar-refractivity contribution in [2.45, 2.75) is 20.8 Å². The van der Waals surface area contributed by atoms with E-state index in [1.165, 1.54) is 6.08 Å². The second-order valence-electron chi connectivity index (χ2n) is 4.57. The molecule has 0 saturated heterocycles. The number of ether oxygens (including phenoxy) is 1. The highest BCUT2D eigenvalue weighted by atomic mass is 35.5. The van der Waals surface area contributed by atoms with E-state index in [9.17, 15) is 4.79 Å². The highest BCUT2D eigenvalue weighted by molar-refractivity contribution is 6.32. The summed E-state index contributed by atoms with van der Waals surface area (Å²) in [6.45, 7) is 5.58. The predicted octanol–water partition coefficient (Wildman–Crippen LogP) is 4.48. The smallest absolute Gasteiger partial charge is 0.336 e. The second-order valence-corrected chi connectivity index (χ2v) is 4.95. The van der Waals surface area contributed by atoms with Crippen LogP contribution in [0, 0.1) is 20.8 Å². The standard InChI is InChI=1S/C16H15ClO3/c1-10-8-14(9-11(2)16(10)17)20-15(18)7-6-13-5-4-12(3)19-13/h4-9H,1-3H3/b7-6+. The molecular formula is C16H15ClO3. The summed E-state index contributed by atoms with van der Waals surface area (Å²) in [7, 11) is 0. The molecule has 0 fully saturated rings. The highest BCUT2D eigenvalue weighted by Gasteiger charge is 2.06. The molecule has 2 rings (SSSR count). The molecule has 104 valence electrons. The molecule has 4 heteroatoms. The van der Waals surface area contributed by atoms with Crippen molar-refractivity contribution in [2.24, 2.45) is 0 Å². The summed E-state index contributed by atoms with van der Waals surface area (Å²) in [5.74, 6) is 1.43. The van der Waals surface area contributed by atoms with Crippen molar-refractivity contribution in [1.29, 1.82) is 0 Å². The number of benzene rings is 1. The summed E-state index contributed by atoms with van der Waals surface area (Å²) in [5.41, 5.74) is 1.75. The van der Waals surface area contributed by atoms with Crippen molar-refractivity contribution in [1.82, 2.24) is 0 Å². The quantitative estimate of drug-likeness (QED) is 0.475. The average Bonchev–Trinajstić information content (AvgIpc) is 2.79. The molecule has 0 saturated carbocycles. The van der Waals surface area contributed by atoms with E-state index in [-0.39, 0.29) is 0 Å². The van der Waals surface area contributed by atoms with Gasteiger partial charge in [0.1, 0.15) is 17.3 Å². The third kappa shape index (κ3) is 3.52. The normalized spacial score (nSPS) is 11.0. The van der Waals surface area contributed by atoms with E-state index in [1.807, 2.05) is 26.8 Å². The van der Waals surface area contributed by atoms with Gasteiger partial charge in [-0.25, -0.2) is 4.79 Å². The lowest BCUT2D eigenvalue weighted by atomic mass is 10.1. The maximum absolute atomic E-state index is 11.7. The molecule has 0 bridgehead atoms. The SMILES string of the molecule is Cc1ccc(/C=C/C(=O)Oc2cc(C)c(Cl)c(C)c2)o1. The Balaban J connectivity index is 2.06. The monoisotopic (exact) mass is 290 g/mol. The van der Waals surface area contributed by atoms with Crippen LogP contribution in [-0.2, 0) is 4.79 Å². The average molecular weight is 291 g/mol. The third-order valence-corrected chi connectivity index (χ3v) is 3.37. The molecule has 0 radical (unpaired) electrons. The van der Waals surface area contributed by atoms with E-state index in [1.54, 1.807) is 24.3 Å². The van der Waals surface area contributed by atoms with Crippen LogP contribution in [0.5, 0.6) is 5.75 Å². The van der Waals surface area contributed by atoms with Gasteiger partial charge in [0.15, 0.2) is 0 Å². The molecule has 0 spiro atoms. The van der Waals surface area contributed by atoms with Gasteiger partial charge < -0.3 is 9.15 Å². The number of rotatable bonds is 3. The zero-order valence-corrected chi connectivity index (χ0v) is 12.3. The van der Waals surface area contributed by atoms with E-state index in [0.717, 1.165) is 16.9 Å². The van der Waals surface area contributed by atoms with Crippen molar-refractivity contribution in [3.05, 3.63) is 58.0 Å². The fraction of sp³-hybridized carbons (Fsp3) is 0.188. The Labute approximate surface area is 122 Å². The summed E-state index contributed by atoms with van der Waals surface area (Å²) in [4.78, 5) is 11.7. The molecular weight excluding hydrogens is 276 g/mol. The van der Waals surface area contributed by atoms with E-state index < -0.39 is 5.97 Å². The second kappa shape index (κ2) is 5.97. The molecule has 0 aliphatic rings. The fourth-order valence-corrected chi connectivity index (χ4v) is 1.92. The van der Waals surface area contributed by atoms with E-state index >= 15 is 0 Å². The summed E-state index contributed by atoms with van der Waals surface area (Å²) in [6.07, 6.45) is 2.91. The Hall–Kier alpha value is -2.00. The van der Waals surface area contributed by atoms with Gasteiger partial charge in [0, 0.05) is 11.1 Å². The van der Waals surface area contributed by atoms with Crippen LogP contribution in [0.2, 0.25) is 5.02 Å². The van der Waals surface area contributed by atoms with Crippen LogP contribution in [0.15, 0.2) is 34.8 Å². The first-order chi connectivity index (χ1) is 9.45. The lowest BCUT2D eigenvalue weighted by Gasteiger charge is -2.06. The molecule has 0 unspecified atom stereocenters. The number of furan rings is 1. The van der Waals surface area contributed by atoms with Crippen molar-refractivity contribution in [2.75, 3.05) is 0 Å². The minimum absolute atomic E-state index is 0.458. The van der Waals surface area contributed by atoms with Crippen LogP contribution < -0.4 is 4.74 Å². The van der Waals surface area contributed by atoms with E-state index in [2.05, 4.69) is 0 Å². The number of carbonyl (C=O) groups is 1. The number of carbonyl (C=O) groups excluding carboxylic acids is 1. The number of hydrogen-bond acceptors (Lipinski definition) is 3. The van der Waals surface area contributed by atoms with E-state index in [4.69, 9.17) is 20.8 Å². The Bertz CT molecular complexity index is 645. The molecule has 1 heterocycles. The number of hydrogen-bond donors (Lipinski definition) is 0. The van der Waals surface area contributed by atoms with Crippen LogP contribution >= 0.6 is 11.6 Å². The molecule has 0 aliphatic carbocycles. The van der Waals surface area contributed by atoms with Crippen molar-refractivity contribution >= 4 is 23.6 Å². The topological polar surface area (TPSA) is 39.4 Å². The molecule has 0 N–H and O–H groups in total. The first kappa shape index (κ1) is 14.4.